The molecule has 2 aromatic heterocycles. The van der Waals surface area contributed by atoms with Gasteiger partial charge in [0.1, 0.15) is 10.6 Å². The number of nitrogens with zero attached hydrogens (tertiary/aromatic N) is 2. The molecule has 0 atom stereocenters. The molecule has 0 spiro atoms. The van der Waals surface area contributed by atoms with Crippen molar-refractivity contribution in [3.05, 3.63) is 16.8 Å². The summed E-state index contributed by atoms with van der Waals surface area (Å²) in [5.74, 6) is 1.93. The van der Waals surface area contributed by atoms with Crippen molar-refractivity contribution in [2.75, 3.05) is 6.61 Å². The summed E-state index contributed by atoms with van der Waals surface area (Å²) in [6.07, 6.45) is 0. The van der Waals surface area contributed by atoms with Crippen LogP contribution in [0.3, 0.4) is 0 Å². The summed E-state index contributed by atoms with van der Waals surface area (Å²) in [4.78, 5) is 2.08. The fraction of sp³-hybridized carbons (Fsp3) is 0.400. The van der Waals surface area contributed by atoms with Gasteiger partial charge in [-0.15, -0.1) is 21.5 Å². The predicted octanol–water partition coefficient (Wildman–Crippen LogP) is 2.81. The lowest BCUT2D eigenvalue weighted by molar-refractivity contribution is 0.342. The molecule has 0 N–H and O–H groups in total. The van der Waals surface area contributed by atoms with E-state index in [0.29, 0.717) is 18.4 Å². The summed E-state index contributed by atoms with van der Waals surface area (Å²) in [5.41, 5.74) is 0. The standard InChI is InChI=1S/C10H12N2O2S/c1-4-13-8-5-6(2)15-9(8)10-12-11-7(3)14-10/h5H,4H2,1-3H3. The van der Waals surface area contributed by atoms with E-state index in [0.717, 1.165) is 10.6 Å². The normalized spacial score (nSPS) is 10.6. The predicted molar refractivity (Wildman–Crippen MR) is 58.3 cm³/mol. The molecule has 0 radical (unpaired) electrons. The molecule has 0 saturated carbocycles. The van der Waals surface area contributed by atoms with E-state index in [1.165, 1.54) is 4.88 Å². The van der Waals surface area contributed by atoms with Crippen molar-refractivity contribution in [1.29, 1.82) is 0 Å². The van der Waals surface area contributed by atoms with E-state index in [1.54, 1.807) is 18.3 Å². The number of aromatic nitrogens is 2. The molecule has 2 rings (SSSR count). The summed E-state index contributed by atoms with van der Waals surface area (Å²) in [7, 11) is 0. The van der Waals surface area contributed by atoms with Crippen molar-refractivity contribution >= 4 is 11.3 Å². The Morgan fingerprint density at radius 3 is 2.80 bits per heavy atom. The van der Waals surface area contributed by atoms with Crippen LogP contribution in [0.1, 0.15) is 17.7 Å². The molecule has 0 fully saturated rings. The first kappa shape index (κ1) is 10.2. The third-order valence-corrected chi connectivity index (χ3v) is 2.86. The first-order valence-corrected chi connectivity index (χ1v) is 5.56. The fourth-order valence-corrected chi connectivity index (χ4v) is 2.17. The van der Waals surface area contributed by atoms with Gasteiger partial charge in [0.2, 0.25) is 5.89 Å². The van der Waals surface area contributed by atoms with E-state index in [4.69, 9.17) is 9.15 Å². The largest absolute Gasteiger partial charge is 0.492 e. The zero-order valence-electron chi connectivity index (χ0n) is 8.90. The van der Waals surface area contributed by atoms with Crippen molar-refractivity contribution in [3.8, 4) is 16.5 Å². The monoisotopic (exact) mass is 224 g/mol. The average molecular weight is 224 g/mol. The molecule has 0 aromatic carbocycles. The molecule has 0 aliphatic heterocycles. The summed E-state index contributed by atoms with van der Waals surface area (Å²) >= 11 is 1.60. The van der Waals surface area contributed by atoms with Gasteiger partial charge >= 0.3 is 0 Å². The molecule has 0 aliphatic carbocycles. The first-order chi connectivity index (χ1) is 7.20. The van der Waals surface area contributed by atoms with Crippen LogP contribution in [0.5, 0.6) is 5.75 Å². The van der Waals surface area contributed by atoms with E-state index in [-0.39, 0.29) is 0 Å². The maximum atomic E-state index is 5.50. The highest BCUT2D eigenvalue weighted by Gasteiger charge is 2.15. The number of rotatable bonds is 3. The number of hydrogen-bond acceptors (Lipinski definition) is 5. The SMILES string of the molecule is CCOc1cc(C)sc1-c1nnc(C)o1. The topological polar surface area (TPSA) is 48.2 Å². The Balaban J connectivity index is 2.42. The smallest absolute Gasteiger partial charge is 0.261 e. The zero-order valence-corrected chi connectivity index (χ0v) is 9.72. The van der Waals surface area contributed by atoms with Crippen LogP contribution in [0.2, 0.25) is 0 Å². The fourth-order valence-electron chi connectivity index (χ4n) is 1.29. The maximum Gasteiger partial charge on any atom is 0.261 e. The van der Waals surface area contributed by atoms with Gasteiger partial charge in [0.25, 0.3) is 5.89 Å². The van der Waals surface area contributed by atoms with Gasteiger partial charge in [-0.2, -0.15) is 0 Å². The molecule has 2 heterocycles. The highest BCUT2D eigenvalue weighted by atomic mass is 32.1. The minimum absolute atomic E-state index is 0.536. The lowest BCUT2D eigenvalue weighted by Crippen LogP contribution is -1.90. The van der Waals surface area contributed by atoms with Crippen molar-refractivity contribution < 1.29 is 9.15 Å². The quantitative estimate of drug-likeness (QED) is 0.804. The van der Waals surface area contributed by atoms with Crippen LogP contribution in [-0.2, 0) is 0 Å². The van der Waals surface area contributed by atoms with Gasteiger partial charge in [-0.1, -0.05) is 0 Å². The van der Waals surface area contributed by atoms with Gasteiger partial charge in [0, 0.05) is 11.8 Å². The van der Waals surface area contributed by atoms with Gasteiger partial charge in [0.05, 0.1) is 6.61 Å². The highest BCUT2D eigenvalue weighted by Crippen LogP contribution is 2.37. The Hall–Kier alpha value is -1.36. The third kappa shape index (κ3) is 2.02. The highest BCUT2D eigenvalue weighted by molar-refractivity contribution is 7.15. The third-order valence-electron chi connectivity index (χ3n) is 1.84. The second-order valence-electron chi connectivity index (χ2n) is 3.11. The molecule has 80 valence electrons. The summed E-state index contributed by atoms with van der Waals surface area (Å²) in [6.45, 7) is 6.39. The second-order valence-corrected chi connectivity index (χ2v) is 4.37. The second kappa shape index (κ2) is 4.02. The lowest BCUT2D eigenvalue weighted by atomic mass is 10.4. The molecule has 2 aromatic rings. The van der Waals surface area contributed by atoms with Crippen molar-refractivity contribution in [3.63, 3.8) is 0 Å². The Morgan fingerprint density at radius 1 is 1.40 bits per heavy atom. The van der Waals surface area contributed by atoms with Crippen LogP contribution in [-0.4, -0.2) is 16.8 Å². The summed E-state index contributed by atoms with van der Waals surface area (Å²) in [5, 5.41) is 7.79. The summed E-state index contributed by atoms with van der Waals surface area (Å²) in [6, 6.07) is 1.99. The van der Waals surface area contributed by atoms with Gasteiger partial charge in [-0.05, 0) is 19.9 Å². The Kier molecular flexibility index (Phi) is 2.73. The van der Waals surface area contributed by atoms with E-state index < -0.39 is 0 Å². The molecule has 0 unspecified atom stereocenters. The van der Waals surface area contributed by atoms with E-state index >= 15 is 0 Å². The molecule has 4 nitrogen and oxygen atoms in total. The van der Waals surface area contributed by atoms with E-state index in [1.807, 2.05) is 19.9 Å². The van der Waals surface area contributed by atoms with Crippen LogP contribution in [0.4, 0.5) is 0 Å². The molecule has 0 aliphatic rings. The van der Waals surface area contributed by atoms with E-state index in [9.17, 15) is 0 Å². The van der Waals surface area contributed by atoms with E-state index in [2.05, 4.69) is 10.2 Å². The van der Waals surface area contributed by atoms with Crippen LogP contribution in [0.25, 0.3) is 10.8 Å². The van der Waals surface area contributed by atoms with Crippen LogP contribution in [0, 0.1) is 13.8 Å². The lowest BCUT2D eigenvalue weighted by Gasteiger charge is -2.00. The van der Waals surface area contributed by atoms with Crippen molar-refractivity contribution in [1.82, 2.24) is 10.2 Å². The molecule has 5 heteroatoms. The maximum absolute atomic E-state index is 5.50. The Bertz CT molecular complexity index is 462. The van der Waals surface area contributed by atoms with Crippen LogP contribution in [0.15, 0.2) is 10.5 Å². The molecular formula is C10H12N2O2S. The number of thiophene rings is 1. The van der Waals surface area contributed by atoms with Gasteiger partial charge < -0.3 is 9.15 Å². The molecule has 0 bridgehead atoms. The Labute approximate surface area is 91.9 Å². The number of ether oxygens (including phenoxy) is 1. The van der Waals surface area contributed by atoms with Crippen LogP contribution >= 0.6 is 11.3 Å². The summed E-state index contributed by atoms with van der Waals surface area (Å²) < 4.78 is 10.9. The first-order valence-electron chi connectivity index (χ1n) is 4.74. The average Bonchev–Trinajstić information content (AvgIpc) is 2.73. The van der Waals surface area contributed by atoms with Gasteiger partial charge in [-0.3, -0.25) is 0 Å². The van der Waals surface area contributed by atoms with Gasteiger partial charge in [-0.25, -0.2) is 0 Å². The number of aryl methyl sites for hydroxylation is 2. The Morgan fingerprint density at radius 2 is 2.20 bits per heavy atom. The minimum atomic E-state index is 0.536. The van der Waals surface area contributed by atoms with Crippen molar-refractivity contribution in [2.45, 2.75) is 20.8 Å². The minimum Gasteiger partial charge on any atom is -0.492 e. The van der Waals surface area contributed by atoms with Gasteiger partial charge in [0.15, 0.2) is 0 Å². The molecular weight excluding hydrogens is 212 g/mol. The zero-order chi connectivity index (χ0) is 10.8. The van der Waals surface area contributed by atoms with Crippen molar-refractivity contribution in [2.24, 2.45) is 0 Å². The molecule has 0 amide bonds. The number of hydrogen-bond donors (Lipinski definition) is 0. The molecule has 15 heavy (non-hydrogen) atoms. The molecule has 0 saturated heterocycles. The van der Waals surface area contributed by atoms with Crippen LogP contribution < -0.4 is 4.74 Å².